The third-order valence-corrected chi connectivity index (χ3v) is 8.48. The van der Waals surface area contributed by atoms with Crippen molar-refractivity contribution in [2.45, 2.75) is 57.1 Å². The fourth-order valence-electron chi connectivity index (χ4n) is 6.70. The maximum absolute atomic E-state index is 7.16. The van der Waals surface area contributed by atoms with Crippen LogP contribution in [0.5, 0.6) is 5.75 Å². The number of piperidine rings is 1. The second-order valence-electron chi connectivity index (χ2n) is 10.6. The normalized spacial score (nSPS) is 24.7. The van der Waals surface area contributed by atoms with Crippen LogP contribution in [-0.4, -0.2) is 31.6 Å². The predicted molar refractivity (Wildman–Crippen MR) is 137 cm³/mol. The Kier molecular flexibility index (Phi) is 3.98. The van der Waals surface area contributed by atoms with Crippen LogP contribution in [0, 0.1) is 0 Å². The highest BCUT2D eigenvalue weighted by Crippen LogP contribution is 2.57. The average Bonchev–Trinajstić information content (AvgIpc) is 3.04. The third kappa shape index (κ3) is 2.50. The number of hydrogen-bond donors (Lipinski definition) is 0. The van der Waals surface area contributed by atoms with E-state index in [1.54, 1.807) is 0 Å². The molecule has 4 aliphatic heterocycles. The smallest absolute Gasteiger partial charge is 0.228 e. The molecule has 1 spiro atoms. The Labute approximate surface area is 195 Å². The van der Waals surface area contributed by atoms with Gasteiger partial charge in [0.05, 0.1) is 11.6 Å². The van der Waals surface area contributed by atoms with Gasteiger partial charge in [-0.1, -0.05) is 42.5 Å². The standard InChI is InChI=1S/C29H31N3O/c1-28(2)23-14-8-10-20-11-9-17-32(27(20)23)29(28)19-30-26-22-13-5-4-12-21(22)24(18-25(26)33-29)31-15-6-3-7-16-31/h4-5,8,10,12-14,18-19H,3,6-7,9,11,15-17H2,1-2H3/t29-/m0/s1. The van der Waals surface area contributed by atoms with Gasteiger partial charge in [0.2, 0.25) is 5.72 Å². The summed E-state index contributed by atoms with van der Waals surface area (Å²) in [6, 6.07) is 17.8. The number of aliphatic imine (C=N–C) groups is 1. The molecule has 3 aromatic carbocycles. The minimum Gasteiger partial charge on any atom is -0.459 e. The van der Waals surface area contributed by atoms with E-state index in [1.807, 2.05) is 0 Å². The molecule has 1 fully saturated rings. The third-order valence-electron chi connectivity index (χ3n) is 8.48. The summed E-state index contributed by atoms with van der Waals surface area (Å²) in [6.45, 7) is 7.88. The molecule has 4 heteroatoms. The van der Waals surface area contributed by atoms with Gasteiger partial charge in [-0.05, 0) is 57.1 Å². The SMILES string of the molecule is CC1(C)c2cccc3c2N(CCC3)[C@]12C=Nc1c(cc(N3CCCCC3)c3ccccc13)O2. The van der Waals surface area contributed by atoms with Crippen LogP contribution in [0.3, 0.4) is 0 Å². The second-order valence-corrected chi connectivity index (χ2v) is 10.6. The summed E-state index contributed by atoms with van der Waals surface area (Å²) < 4.78 is 7.16. The molecular weight excluding hydrogens is 406 g/mol. The molecule has 0 N–H and O–H groups in total. The molecule has 4 nitrogen and oxygen atoms in total. The quantitative estimate of drug-likeness (QED) is 0.443. The summed E-state index contributed by atoms with van der Waals surface area (Å²) in [6.07, 6.45) is 8.24. The minimum atomic E-state index is -0.597. The summed E-state index contributed by atoms with van der Waals surface area (Å²) in [5, 5.41) is 2.47. The number of anilines is 2. The first-order chi connectivity index (χ1) is 16.1. The van der Waals surface area contributed by atoms with E-state index in [2.05, 4.69) is 78.4 Å². The number of benzene rings is 3. The first-order valence-corrected chi connectivity index (χ1v) is 12.6. The number of fused-ring (bicyclic) bond motifs is 4. The van der Waals surface area contributed by atoms with Crippen LogP contribution in [0.1, 0.15) is 50.7 Å². The predicted octanol–water partition coefficient (Wildman–Crippen LogP) is 6.37. The lowest BCUT2D eigenvalue weighted by molar-refractivity contribution is 0.0770. The van der Waals surface area contributed by atoms with E-state index >= 15 is 0 Å². The van der Waals surface area contributed by atoms with Crippen molar-refractivity contribution in [2.24, 2.45) is 4.99 Å². The topological polar surface area (TPSA) is 28.1 Å². The lowest BCUT2D eigenvalue weighted by Gasteiger charge is -2.47. The van der Waals surface area contributed by atoms with Crippen LogP contribution in [0.4, 0.5) is 17.1 Å². The van der Waals surface area contributed by atoms with Crippen LogP contribution in [0.25, 0.3) is 10.8 Å². The molecule has 0 unspecified atom stereocenters. The summed E-state index contributed by atoms with van der Waals surface area (Å²) >= 11 is 0. The van der Waals surface area contributed by atoms with Crippen LogP contribution < -0.4 is 14.5 Å². The number of ether oxygens (including phenoxy) is 1. The Bertz CT molecular complexity index is 1300. The van der Waals surface area contributed by atoms with E-state index in [-0.39, 0.29) is 5.41 Å². The largest absolute Gasteiger partial charge is 0.459 e. The van der Waals surface area contributed by atoms with Crippen LogP contribution in [0.2, 0.25) is 0 Å². The fraction of sp³-hybridized carbons (Fsp3) is 0.414. The summed E-state index contributed by atoms with van der Waals surface area (Å²) in [5.41, 5.74) is 5.66. The highest BCUT2D eigenvalue weighted by molar-refractivity contribution is 6.06. The molecule has 4 heterocycles. The molecule has 0 amide bonds. The van der Waals surface area contributed by atoms with Gasteiger partial charge in [0.15, 0.2) is 5.75 Å². The molecule has 0 saturated carbocycles. The first kappa shape index (κ1) is 19.5. The van der Waals surface area contributed by atoms with Gasteiger partial charge < -0.3 is 14.5 Å². The highest BCUT2D eigenvalue weighted by atomic mass is 16.5. The molecule has 1 atom stereocenters. The van der Waals surface area contributed by atoms with Crippen molar-refractivity contribution < 1.29 is 4.74 Å². The molecular formula is C29H31N3O. The van der Waals surface area contributed by atoms with Crippen molar-refractivity contribution in [3.63, 3.8) is 0 Å². The Morgan fingerprint density at radius 2 is 1.70 bits per heavy atom. The van der Waals surface area contributed by atoms with Gasteiger partial charge in [-0.3, -0.25) is 4.99 Å². The Balaban J connectivity index is 1.42. The van der Waals surface area contributed by atoms with Crippen LogP contribution >= 0.6 is 0 Å². The molecule has 3 aromatic rings. The van der Waals surface area contributed by atoms with E-state index in [0.29, 0.717) is 0 Å². The molecule has 7 rings (SSSR count). The van der Waals surface area contributed by atoms with E-state index in [9.17, 15) is 0 Å². The Hall–Kier alpha value is -3.01. The molecule has 1 saturated heterocycles. The van der Waals surface area contributed by atoms with Crippen molar-refractivity contribution in [2.75, 3.05) is 29.4 Å². The van der Waals surface area contributed by atoms with E-state index < -0.39 is 5.72 Å². The van der Waals surface area contributed by atoms with Gasteiger partial charge in [-0.25, -0.2) is 0 Å². The molecule has 33 heavy (non-hydrogen) atoms. The average molecular weight is 438 g/mol. The summed E-state index contributed by atoms with van der Waals surface area (Å²) in [5.74, 6) is 0.921. The first-order valence-electron chi connectivity index (χ1n) is 12.6. The summed E-state index contributed by atoms with van der Waals surface area (Å²) in [4.78, 5) is 10.2. The minimum absolute atomic E-state index is 0.208. The molecule has 0 aliphatic carbocycles. The van der Waals surface area contributed by atoms with Crippen molar-refractivity contribution in [1.29, 1.82) is 0 Å². The number of para-hydroxylation sites is 1. The highest BCUT2D eigenvalue weighted by Gasteiger charge is 2.60. The van der Waals surface area contributed by atoms with Crippen LogP contribution in [0.15, 0.2) is 53.5 Å². The van der Waals surface area contributed by atoms with Gasteiger partial charge >= 0.3 is 0 Å². The van der Waals surface area contributed by atoms with Gasteiger partial charge in [0, 0.05) is 47.8 Å². The zero-order valence-corrected chi connectivity index (χ0v) is 19.6. The van der Waals surface area contributed by atoms with E-state index in [0.717, 1.165) is 43.9 Å². The number of hydrogen-bond acceptors (Lipinski definition) is 4. The lowest BCUT2D eigenvalue weighted by Crippen LogP contribution is -2.62. The molecule has 168 valence electrons. The van der Waals surface area contributed by atoms with Crippen LogP contribution in [-0.2, 0) is 11.8 Å². The van der Waals surface area contributed by atoms with E-state index in [4.69, 9.17) is 9.73 Å². The fourth-order valence-corrected chi connectivity index (χ4v) is 6.70. The Morgan fingerprint density at radius 1 is 0.879 bits per heavy atom. The van der Waals surface area contributed by atoms with Gasteiger partial charge in [0.25, 0.3) is 0 Å². The number of nitrogens with zero attached hydrogens (tertiary/aromatic N) is 3. The molecule has 4 aliphatic rings. The van der Waals surface area contributed by atoms with Crippen molar-refractivity contribution >= 4 is 34.0 Å². The molecule has 0 bridgehead atoms. The van der Waals surface area contributed by atoms with Gasteiger partial charge in [0.1, 0.15) is 5.69 Å². The van der Waals surface area contributed by atoms with Crippen molar-refractivity contribution in [3.8, 4) is 5.75 Å². The lowest BCUT2D eigenvalue weighted by atomic mass is 9.77. The maximum atomic E-state index is 7.16. The molecule has 0 aromatic heterocycles. The van der Waals surface area contributed by atoms with Gasteiger partial charge in [-0.15, -0.1) is 0 Å². The zero-order chi connectivity index (χ0) is 22.2. The number of aryl methyl sites for hydroxylation is 1. The second kappa shape index (κ2) is 6.75. The summed E-state index contributed by atoms with van der Waals surface area (Å²) in [7, 11) is 0. The Morgan fingerprint density at radius 3 is 2.55 bits per heavy atom. The maximum Gasteiger partial charge on any atom is 0.228 e. The van der Waals surface area contributed by atoms with E-state index in [1.165, 1.54) is 52.5 Å². The zero-order valence-electron chi connectivity index (χ0n) is 19.6. The molecule has 0 radical (unpaired) electrons. The van der Waals surface area contributed by atoms with Gasteiger partial charge in [-0.2, -0.15) is 0 Å². The number of rotatable bonds is 1. The van der Waals surface area contributed by atoms with Crippen molar-refractivity contribution in [1.82, 2.24) is 0 Å². The van der Waals surface area contributed by atoms with Crippen molar-refractivity contribution in [3.05, 3.63) is 59.7 Å². The monoisotopic (exact) mass is 437 g/mol.